The van der Waals surface area contributed by atoms with Gasteiger partial charge in [-0.3, -0.25) is 4.79 Å². The highest BCUT2D eigenvalue weighted by atomic mass is 16.5. The van der Waals surface area contributed by atoms with Gasteiger partial charge in [0.2, 0.25) is 5.91 Å². The monoisotopic (exact) mass is 292 g/mol. The van der Waals surface area contributed by atoms with Gasteiger partial charge >= 0.3 is 0 Å². The molecule has 0 radical (unpaired) electrons. The first-order valence-electron chi connectivity index (χ1n) is 7.39. The molecule has 0 aliphatic heterocycles. The molecule has 0 bridgehead atoms. The average molecular weight is 292 g/mol. The van der Waals surface area contributed by atoms with Crippen LogP contribution in [0.3, 0.4) is 0 Å². The molecule has 21 heavy (non-hydrogen) atoms. The van der Waals surface area contributed by atoms with Gasteiger partial charge in [-0.05, 0) is 50.3 Å². The van der Waals surface area contributed by atoms with Crippen LogP contribution >= 0.6 is 0 Å². The van der Waals surface area contributed by atoms with Crippen LogP contribution in [0.5, 0.6) is 0 Å². The second-order valence-corrected chi connectivity index (χ2v) is 5.58. The summed E-state index contributed by atoms with van der Waals surface area (Å²) >= 11 is 0. The van der Waals surface area contributed by atoms with E-state index >= 15 is 0 Å². The quantitative estimate of drug-likeness (QED) is 0.818. The summed E-state index contributed by atoms with van der Waals surface area (Å²) in [5, 5.41) is 2.84. The van der Waals surface area contributed by atoms with Gasteiger partial charge in [0.15, 0.2) is 0 Å². The second-order valence-electron chi connectivity index (χ2n) is 5.58. The molecule has 1 aromatic rings. The summed E-state index contributed by atoms with van der Waals surface area (Å²) < 4.78 is 11.1. The third-order valence-corrected chi connectivity index (χ3v) is 3.90. The maximum absolute atomic E-state index is 12.0. The summed E-state index contributed by atoms with van der Waals surface area (Å²) in [4.78, 5) is 12.0. The van der Waals surface area contributed by atoms with Crippen LogP contribution in [0.25, 0.3) is 0 Å². The van der Waals surface area contributed by atoms with E-state index in [1.807, 2.05) is 19.1 Å². The van der Waals surface area contributed by atoms with Gasteiger partial charge in [-0.25, -0.2) is 0 Å². The highest BCUT2D eigenvalue weighted by molar-refractivity contribution is 5.92. The summed E-state index contributed by atoms with van der Waals surface area (Å²) in [6.07, 6.45) is 4.37. The molecule has 1 aromatic carbocycles. The van der Waals surface area contributed by atoms with Crippen LogP contribution in [0, 0.1) is 6.92 Å². The highest BCUT2D eigenvalue weighted by Crippen LogP contribution is 2.23. The van der Waals surface area contributed by atoms with Crippen LogP contribution in [0.2, 0.25) is 0 Å². The number of benzene rings is 1. The van der Waals surface area contributed by atoms with Gasteiger partial charge in [-0.1, -0.05) is 6.07 Å². The standard InChI is InChI=1S/C16H24N2O3/c1-11-6-7-12(17)8-15(11)18-16(19)10-21-14-5-3-4-13(9-14)20-2/h6-8,13-14H,3-5,9-10,17H2,1-2H3,(H,18,19). The van der Waals surface area contributed by atoms with Crippen molar-refractivity contribution in [1.29, 1.82) is 0 Å². The Morgan fingerprint density at radius 1 is 1.38 bits per heavy atom. The fourth-order valence-electron chi connectivity index (χ4n) is 2.62. The molecule has 0 aromatic heterocycles. The van der Waals surface area contributed by atoms with Crippen molar-refractivity contribution >= 4 is 17.3 Å². The Balaban J connectivity index is 1.80. The van der Waals surface area contributed by atoms with Crippen molar-refractivity contribution in [1.82, 2.24) is 0 Å². The number of amides is 1. The zero-order valence-electron chi connectivity index (χ0n) is 12.7. The minimum absolute atomic E-state index is 0.0648. The lowest BCUT2D eigenvalue weighted by Gasteiger charge is -2.28. The fraction of sp³-hybridized carbons (Fsp3) is 0.562. The Hall–Kier alpha value is -1.59. The zero-order chi connectivity index (χ0) is 15.2. The number of hydrogen-bond acceptors (Lipinski definition) is 4. The van der Waals surface area contributed by atoms with Gasteiger partial charge in [-0.2, -0.15) is 0 Å². The first kappa shape index (κ1) is 15.8. The van der Waals surface area contributed by atoms with Crippen molar-refractivity contribution in [3.63, 3.8) is 0 Å². The maximum atomic E-state index is 12.0. The molecule has 1 saturated carbocycles. The van der Waals surface area contributed by atoms with Crippen molar-refractivity contribution in [3.8, 4) is 0 Å². The molecule has 2 atom stereocenters. The minimum atomic E-state index is -0.150. The molecule has 0 saturated heterocycles. The van der Waals surface area contributed by atoms with Crippen LogP contribution in [0.15, 0.2) is 18.2 Å². The van der Waals surface area contributed by atoms with Gasteiger partial charge in [0, 0.05) is 18.5 Å². The van der Waals surface area contributed by atoms with E-state index in [4.69, 9.17) is 15.2 Å². The predicted molar refractivity (Wildman–Crippen MR) is 83.2 cm³/mol. The number of carbonyl (C=O) groups excluding carboxylic acids is 1. The van der Waals surface area contributed by atoms with E-state index in [1.165, 1.54) is 0 Å². The molecule has 1 amide bonds. The summed E-state index contributed by atoms with van der Waals surface area (Å²) in [7, 11) is 1.72. The Labute approximate surface area is 125 Å². The van der Waals surface area contributed by atoms with Crippen LogP contribution < -0.4 is 11.1 Å². The number of rotatable bonds is 5. The number of nitrogens with one attached hydrogen (secondary N) is 1. The Morgan fingerprint density at radius 2 is 2.14 bits per heavy atom. The van der Waals surface area contributed by atoms with Gasteiger partial charge in [0.25, 0.3) is 0 Å². The highest BCUT2D eigenvalue weighted by Gasteiger charge is 2.22. The fourth-order valence-corrected chi connectivity index (χ4v) is 2.62. The number of nitrogen functional groups attached to an aromatic ring is 1. The first-order chi connectivity index (χ1) is 10.1. The normalized spacial score (nSPS) is 22.0. The van der Waals surface area contributed by atoms with Gasteiger partial charge in [-0.15, -0.1) is 0 Å². The van der Waals surface area contributed by atoms with E-state index in [0.29, 0.717) is 5.69 Å². The molecular formula is C16H24N2O3. The van der Waals surface area contributed by atoms with Crippen molar-refractivity contribution in [2.24, 2.45) is 0 Å². The van der Waals surface area contributed by atoms with E-state index in [9.17, 15) is 4.79 Å². The molecule has 1 aliphatic carbocycles. The summed E-state index contributed by atoms with van der Waals surface area (Å²) in [5.74, 6) is -0.150. The predicted octanol–water partition coefficient (Wildman–Crippen LogP) is 2.49. The van der Waals surface area contributed by atoms with E-state index in [1.54, 1.807) is 13.2 Å². The molecule has 2 rings (SSSR count). The van der Waals surface area contributed by atoms with E-state index in [-0.39, 0.29) is 24.7 Å². The number of hydrogen-bond donors (Lipinski definition) is 2. The number of carbonyl (C=O) groups is 1. The number of nitrogens with two attached hydrogens (primary N) is 1. The molecule has 0 spiro atoms. The van der Waals surface area contributed by atoms with Crippen LogP contribution in [0.4, 0.5) is 11.4 Å². The van der Waals surface area contributed by atoms with Crippen molar-refractivity contribution in [3.05, 3.63) is 23.8 Å². The lowest BCUT2D eigenvalue weighted by atomic mass is 9.95. The lowest BCUT2D eigenvalue weighted by Crippen LogP contribution is -2.30. The van der Waals surface area contributed by atoms with Gasteiger partial charge < -0.3 is 20.5 Å². The Bertz CT molecular complexity index is 490. The molecule has 0 heterocycles. The number of anilines is 2. The summed E-state index contributed by atoms with van der Waals surface area (Å²) in [6, 6.07) is 5.46. The Kier molecular flexibility index (Phi) is 5.59. The van der Waals surface area contributed by atoms with E-state index in [0.717, 1.165) is 36.9 Å². The first-order valence-corrected chi connectivity index (χ1v) is 7.39. The molecule has 5 nitrogen and oxygen atoms in total. The van der Waals surface area contributed by atoms with Gasteiger partial charge in [0.1, 0.15) is 6.61 Å². The van der Waals surface area contributed by atoms with Crippen molar-refractivity contribution in [2.75, 3.05) is 24.8 Å². The van der Waals surface area contributed by atoms with Crippen LogP contribution in [-0.2, 0) is 14.3 Å². The average Bonchev–Trinajstić information content (AvgIpc) is 2.49. The molecule has 1 aliphatic rings. The van der Waals surface area contributed by atoms with E-state index < -0.39 is 0 Å². The molecule has 5 heteroatoms. The van der Waals surface area contributed by atoms with E-state index in [2.05, 4.69) is 5.32 Å². The third-order valence-electron chi connectivity index (χ3n) is 3.90. The molecule has 2 unspecified atom stereocenters. The minimum Gasteiger partial charge on any atom is -0.399 e. The number of ether oxygens (including phenoxy) is 2. The lowest BCUT2D eigenvalue weighted by molar-refractivity contribution is -0.124. The van der Waals surface area contributed by atoms with Gasteiger partial charge in [0.05, 0.1) is 12.2 Å². The van der Waals surface area contributed by atoms with Crippen molar-refractivity contribution < 1.29 is 14.3 Å². The smallest absolute Gasteiger partial charge is 0.250 e. The summed E-state index contributed by atoms with van der Waals surface area (Å²) in [6.45, 7) is 2.00. The van der Waals surface area contributed by atoms with Crippen LogP contribution in [0.1, 0.15) is 31.2 Å². The molecular weight excluding hydrogens is 268 g/mol. The SMILES string of the molecule is COC1CCCC(OCC(=O)Nc2cc(N)ccc2C)C1. The molecule has 1 fully saturated rings. The topological polar surface area (TPSA) is 73.6 Å². The van der Waals surface area contributed by atoms with Crippen LogP contribution in [-0.4, -0.2) is 31.8 Å². The maximum Gasteiger partial charge on any atom is 0.250 e. The largest absolute Gasteiger partial charge is 0.399 e. The third kappa shape index (κ3) is 4.72. The second kappa shape index (κ2) is 7.43. The number of aryl methyl sites for hydroxylation is 1. The summed E-state index contributed by atoms with van der Waals surface area (Å²) in [5.41, 5.74) is 8.08. The molecule has 116 valence electrons. The van der Waals surface area contributed by atoms with Crippen molar-refractivity contribution in [2.45, 2.75) is 44.8 Å². The zero-order valence-corrected chi connectivity index (χ0v) is 12.7. The Morgan fingerprint density at radius 3 is 2.90 bits per heavy atom. The number of methoxy groups -OCH3 is 1. The molecule has 3 N–H and O–H groups in total.